The number of nitrogens with one attached hydrogen (secondary N) is 1. The third-order valence-electron chi connectivity index (χ3n) is 5.69. The average Bonchev–Trinajstić information content (AvgIpc) is 2.94. The Morgan fingerprint density at radius 3 is 2.57 bits per heavy atom. The number of piperidine rings is 1. The van der Waals surface area contributed by atoms with Gasteiger partial charge in [-0.2, -0.15) is 4.31 Å². The Hall–Kier alpha value is -2.07. The fourth-order valence-corrected chi connectivity index (χ4v) is 5.45. The van der Waals surface area contributed by atoms with E-state index in [1.807, 2.05) is 0 Å². The van der Waals surface area contributed by atoms with Gasteiger partial charge in [-0.25, -0.2) is 17.2 Å². The van der Waals surface area contributed by atoms with E-state index in [0.29, 0.717) is 45.0 Å². The van der Waals surface area contributed by atoms with Crippen LogP contribution in [0.1, 0.15) is 38.5 Å². The molecule has 0 aliphatic carbocycles. The first-order chi connectivity index (χ1) is 14.3. The van der Waals surface area contributed by atoms with Crippen molar-refractivity contribution in [1.82, 2.24) is 14.5 Å². The fraction of sp³-hybridized carbons (Fsp3) is 0.600. The van der Waals surface area contributed by atoms with Gasteiger partial charge in [0.2, 0.25) is 21.8 Å². The molecule has 2 amide bonds. The Balaban J connectivity index is 1.49. The molecule has 2 heterocycles. The average molecular weight is 444 g/mol. The number of amides is 2. The van der Waals surface area contributed by atoms with Crippen molar-refractivity contribution in [3.05, 3.63) is 29.8 Å². The van der Waals surface area contributed by atoms with Gasteiger partial charge in [-0.1, -0.05) is 6.42 Å². The first kappa shape index (κ1) is 22.6. The van der Waals surface area contributed by atoms with Crippen LogP contribution in [0.4, 0.5) is 8.78 Å². The summed E-state index contributed by atoms with van der Waals surface area (Å²) < 4.78 is 53.6. The summed E-state index contributed by atoms with van der Waals surface area (Å²) in [5.41, 5.74) is 0. The van der Waals surface area contributed by atoms with Crippen molar-refractivity contribution in [1.29, 1.82) is 0 Å². The molecular weight excluding hydrogens is 416 g/mol. The second-order valence-electron chi connectivity index (χ2n) is 7.74. The van der Waals surface area contributed by atoms with Crippen LogP contribution >= 0.6 is 0 Å². The predicted octanol–water partition coefficient (Wildman–Crippen LogP) is 1.88. The highest BCUT2D eigenvalue weighted by Crippen LogP contribution is 2.26. The molecule has 10 heteroatoms. The number of halogens is 2. The van der Waals surface area contributed by atoms with Crippen LogP contribution < -0.4 is 5.32 Å². The van der Waals surface area contributed by atoms with E-state index in [-0.39, 0.29) is 30.8 Å². The van der Waals surface area contributed by atoms with Crippen LogP contribution in [0.25, 0.3) is 0 Å². The molecule has 0 atom stereocenters. The number of sulfonamides is 1. The molecule has 2 saturated heterocycles. The number of benzene rings is 1. The summed E-state index contributed by atoms with van der Waals surface area (Å²) in [5, 5.41) is 2.83. The summed E-state index contributed by atoms with van der Waals surface area (Å²) in [7, 11) is -4.16. The fourth-order valence-electron chi connectivity index (χ4n) is 3.91. The number of hydrogen-bond donors (Lipinski definition) is 1. The maximum atomic E-state index is 13.9. The predicted molar refractivity (Wildman–Crippen MR) is 106 cm³/mol. The largest absolute Gasteiger partial charge is 0.354 e. The van der Waals surface area contributed by atoms with Crippen LogP contribution in [0.15, 0.2) is 23.1 Å². The van der Waals surface area contributed by atoms with E-state index < -0.39 is 26.6 Å². The van der Waals surface area contributed by atoms with Crippen molar-refractivity contribution < 1.29 is 26.8 Å². The topological polar surface area (TPSA) is 86.8 Å². The summed E-state index contributed by atoms with van der Waals surface area (Å²) in [6.07, 6.45) is 4.05. The first-order valence-corrected chi connectivity index (χ1v) is 11.7. The van der Waals surface area contributed by atoms with Gasteiger partial charge in [0.05, 0.1) is 0 Å². The number of carbonyl (C=O) groups is 2. The zero-order chi connectivity index (χ0) is 21.7. The van der Waals surface area contributed by atoms with Crippen molar-refractivity contribution in [2.75, 3.05) is 32.7 Å². The zero-order valence-electron chi connectivity index (χ0n) is 16.8. The molecule has 0 radical (unpaired) electrons. The Labute approximate surface area is 175 Å². The summed E-state index contributed by atoms with van der Waals surface area (Å²) in [6.45, 7) is 1.65. The van der Waals surface area contributed by atoms with Crippen molar-refractivity contribution in [3.8, 4) is 0 Å². The van der Waals surface area contributed by atoms with E-state index in [4.69, 9.17) is 0 Å². The van der Waals surface area contributed by atoms with Crippen LogP contribution in [0, 0.1) is 17.6 Å². The minimum absolute atomic E-state index is 0.0565. The summed E-state index contributed by atoms with van der Waals surface area (Å²) in [5.74, 6) is -2.24. The van der Waals surface area contributed by atoms with E-state index in [0.717, 1.165) is 35.7 Å². The third-order valence-corrected chi connectivity index (χ3v) is 7.60. The molecule has 3 rings (SSSR count). The van der Waals surface area contributed by atoms with Crippen LogP contribution in [0.2, 0.25) is 0 Å². The molecule has 7 nitrogen and oxygen atoms in total. The number of carbonyl (C=O) groups excluding carboxylic acids is 2. The number of likely N-dealkylation sites (tertiary alicyclic amines) is 1. The first-order valence-electron chi connectivity index (χ1n) is 10.3. The van der Waals surface area contributed by atoms with Gasteiger partial charge in [-0.05, 0) is 43.9 Å². The smallest absolute Gasteiger partial charge is 0.246 e. The summed E-state index contributed by atoms with van der Waals surface area (Å²) >= 11 is 0. The highest BCUT2D eigenvalue weighted by molar-refractivity contribution is 7.89. The SMILES string of the molecule is O=C(NCCN1CCCCCC1=O)C1CCN(S(=O)(=O)c2cc(F)ccc2F)CC1. The molecule has 1 aromatic carbocycles. The second kappa shape index (κ2) is 9.82. The van der Waals surface area contributed by atoms with Gasteiger partial charge in [0, 0.05) is 45.1 Å². The van der Waals surface area contributed by atoms with Gasteiger partial charge >= 0.3 is 0 Å². The number of hydrogen-bond acceptors (Lipinski definition) is 4. The summed E-state index contributed by atoms with van der Waals surface area (Å²) in [4.78, 5) is 25.5. The molecule has 1 aromatic rings. The van der Waals surface area contributed by atoms with Gasteiger partial charge in [0.15, 0.2) is 0 Å². The van der Waals surface area contributed by atoms with Crippen molar-refractivity contribution in [2.45, 2.75) is 43.4 Å². The van der Waals surface area contributed by atoms with E-state index in [1.165, 1.54) is 0 Å². The molecule has 166 valence electrons. The molecular formula is C20H27F2N3O4S. The van der Waals surface area contributed by atoms with Gasteiger partial charge in [-0.15, -0.1) is 0 Å². The molecule has 2 fully saturated rings. The van der Waals surface area contributed by atoms with Crippen molar-refractivity contribution in [2.24, 2.45) is 5.92 Å². The van der Waals surface area contributed by atoms with E-state index in [9.17, 15) is 26.8 Å². The van der Waals surface area contributed by atoms with Gasteiger partial charge in [-0.3, -0.25) is 9.59 Å². The van der Waals surface area contributed by atoms with E-state index >= 15 is 0 Å². The molecule has 30 heavy (non-hydrogen) atoms. The van der Waals surface area contributed by atoms with Crippen LogP contribution in [-0.2, 0) is 19.6 Å². The maximum absolute atomic E-state index is 13.9. The molecule has 2 aliphatic heterocycles. The van der Waals surface area contributed by atoms with Gasteiger partial charge in [0.1, 0.15) is 16.5 Å². The Bertz CT molecular complexity index is 886. The maximum Gasteiger partial charge on any atom is 0.246 e. The molecule has 1 N–H and O–H groups in total. The van der Waals surface area contributed by atoms with Gasteiger partial charge in [0.25, 0.3) is 0 Å². The minimum Gasteiger partial charge on any atom is -0.354 e. The highest BCUT2D eigenvalue weighted by Gasteiger charge is 2.33. The van der Waals surface area contributed by atoms with Crippen molar-refractivity contribution in [3.63, 3.8) is 0 Å². The van der Waals surface area contributed by atoms with E-state index in [1.54, 1.807) is 4.90 Å². The normalized spacial score (nSPS) is 19.5. The Kier molecular flexibility index (Phi) is 7.41. The third kappa shape index (κ3) is 5.34. The Morgan fingerprint density at radius 1 is 1.10 bits per heavy atom. The van der Waals surface area contributed by atoms with Crippen LogP contribution in [0.3, 0.4) is 0 Å². The molecule has 0 spiro atoms. The van der Waals surface area contributed by atoms with Crippen molar-refractivity contribution >= 4 is 21.8 Å². The summed E-state index contributed by atoms with van der Waals surface area (Å²) in [6, 6.07) is 2.33. The Morgan fingerprint density at radius 2 is 1.83 bits per heavy atom. The van der Waals surface area contributed by atoms with Crippen LogP contribution in [0.5, 0.6) is 0 Å². The molecule has 0 unspecified atom stereocenters. The minimum atomic E-state index is -4.16. The highest BCUT2D eigenvalue weighted by atomic mass is 32.2. The lowest BCUT2D eigenvalue weighted by atomic mass is 9.97. The lowest BCUT2D eigenvalue weighted by Gasteiger charge is -2.30. The lowest BCUT2D eigenvalue weighted by molar-refractivity contribution is -0.131. The monoisotopic (exact) mass is 443 g/mol. The number of nitrogens with zero attached hydrogens (tertiary/aromatic N) is 2. The number of rotatable bonds is 6. The quantitative estimate of drug-likeness (QED) is 0.728. The lowest BCUT2D eigenvalue weighted by Crippen LogP contribution is -2.45. The molecule has 0 bridgehead atoms. The standard InChI is InChI=1S/C20H27F2N3O4S/c21-16-5-6-17(22)18(14-16)30(28,29)25-11-7-15(8-12-25)20(27)23-9-13-24-10-3-1-2-4-19(24)26/h5-6,14-15H,1-4,7-13H2,(H,23,27). The molecule has 2 aliphatic rings. The molecule has 0 aromatic heterocycles. The van der Waals surface area contributed by atoms with Crippen LogP contribution in [-0.4, -0.2) is 62.2 Å². The van der Waals surface area contributed by atoms with E-state index in [2.05, 4.69) is 5.32 Å². The zero-order valence-corrected chi connectivity index (χ0v) is 17.6. The second-order valence-corrected chi connectivity index (χ2v) is 9.64. The molecule has 0 saturated carbocycles. The van der Waals surface area contributed by atoms with Gasteiger partial charge < -0.3 is 10.2 Å².